The van der Waals surface area contributed by atoms with Gasteiger partial charge in [-0.15, -0.1) is 0 Å². The molecule has 6 heteroatoms. The zero-order valence-corrected chi connectivity index (χ0v) is 31.7. The third-order valence-corrected chi connectivity index (χ3v) is 12.6. The minimum absolute atomic E-state index is 0. The molecule has 0 aromatic heterocycles. The molecule has 6 aromatic rings. The van der Waals surface area contributed by atoms with Gasteiger partial charge in [0.2, 0.25) is 0 Å². The van der Waals surface area contributed by atoms with Gasteiger partial charge in [0.15, 0.2) is 0 Å². The van der Waals surface area contributed by atoms with Gasteiger partial charge in [0.05, 0.1) is 7.11 Å². The fourth-order valence-electron chi connectivity index (χ4n) is 5.22. The fraction of sp³-hybridized carbons (Fsp3) is 0.0930. The van der Waals surface area contributed by atoms with Crippen LogP contribution in [0, 0.1) is 0 Å². The second-order valence-corrected chi connectivity index (χ2v) is 15.3. The molecule has 0 heterocycles. The quantitative estimate of drug-likeness (QED) is 0.0600. The Morgan fingerprint density at radius 2 is 0.939 bits per heavy atom. The number of methoxy groups -OCH3 is 1. The summed E-state index contributed by atoms with van der Waals surface area (Å²) in [6.45, 7) is 0. The summed E-state index contributed by atoms with van der Waals surface area (Å²) >= 11 is 0. The fourth-order valence-corrected chi connectivity index (χ4v) is 9.95. The van der Waals surface area contributed by atoms with Gasteiger partial charge in [0.1, 0.15) is 0 Å². The van der Waals surface area contributed by atoms with Crippen molar-refractivity contribution in [1.82, 2.24) is 0 Å². The molecule has 0 N–H and O–H groups in total. The average molecular weight is 788 g/mol. The predicted molar refractivity (Wildman–Crippen MR) is 202 cm³/mol. The standard InChI is InChI=1S/C23H20O2P.C20H19P.BrH.Ni/c1-25-23(24)17-16-19-10-8-9-11-20(19)18-26(21-12-4-2-5-13-21)22-14-6-3-7-15-22;1-4-10-18(11-5-1)16-21(20-14-8-3-9-15-20)17-19-12-6-2-7-13-19;;/h2-16H,18H2,1H3;1-15H,16-17H2;1H;/q;;;+2/p-1. The molecule has 0 aliphatic carbocycles. The summed E-state index contributed by atoms with van der Waals surface area (Å²) in [7, 11) is 0.615. The molecule has 1 radical (unpaired) electrons. The smallest absolute Gasteiger partial charge is 1.00 e. The van der Waals surface area contributed by atoms with Crippen molar-refractivity contribution in [2.75, 3.05) is 7.11 Å². The summed E-state index contributed by atoms with van der Waals surface area (Å²) in [5.41, 5.74) is 7.72. The molecule has 0 amide bonds. The molecular weight excluding hydrogens is 749 g/mol. The van der Waals surface area contributed by atoms with Crippen molar-refractivity contribution < 1.29 is 43.3 Å². The third-order valence-electron chi connectivity index (χ3n) is 7.60. The maximum Gasteiger partial charge on any atom is 2.00 e. The van der Waals surface area contributed by atoms with E-state index in [0.29, 0.717) is 0 Å². The Bertz CT molecular complexity index is 1750. The topological polar surface area (TPSA) is 29.1 Å². The molecule has 0 saturated carbocycles. The van der Waals surface area contributed by atoms with E-state index in [9.17, 15) is 5.11 Å². The van der Waals surface area contributed by atoms with E-state index in [-0.39, 0.29) is 41.4 Å². The van der Waals surface area contributed by atoms with Crippen molar-refractivity contribution in [3.63, 3.8) is 0 Å². The average Bonchev–Trinajstić information content (AvgIpc) is 3.15. The van der Waals surface area contributed by atoms with Crippen molar-refractivity contribution in [1.29, 1.82) is 0 Å². The first-order valence-electron chi connectivity index (χ1n) is 15.7. The SMILES string of the molecule is COC([O])=C=Cc1ccccc1CP(c1ccccc1)c1ccccc1.[Br-].[Ni+2].c1ccc(CP(Cc2ccccc2)c2ccccc2)cc1. The summed E-state index contributed by atoms with van der Waals surface area (Å²) in [6, 6.07) is 62.0. The Balaban J connectivity index is 0.000000260. The van der Waals surface area contributed by atoms with Crippen LogP contribution in [0.5, 0.6) is 0 Å². The molecular formula is C43H39BrNiO2P2+. The van der Waals surface area contributed by atoms with Crippen molar-refractivity contribution in [2.24, 2.45) is 0 Å². The molecule has 49 heavy (non-hydrogen) atoms. The zero-order valence-electron chi connectivity index (χ0n) is 27.3. The second kappa shape index (κ2) is 22.1. The van der Waals surface area contributed by atoms with Crippen LogP contribution < -0.4 is 32.9 Å². The molecule has 2 nitrogen and oxygen atoms in total. The van der Waals surface area contributed by atoms with Gasteiger partial charge in [-0.25, -0.2) is 5.11 Å². The van der Waals surface area contributed by atoms with Gasteiger partial charge in [-0.05, 0) is 70.2 Å². The summed E-state index contributed by atoms with van der Waals surface area (Å²) in [6.07, 6.45) is 4.91. The zero-order chi connectivity index (χ0) is 32.5. The number of ether oxygens (including phenoxy) is 1. The van der Waals surface area contributed by atoms with Crippen molar-refractivity contribution in [3.8, 4) is 0 Å². The molecule has 0 fully saturated rings. The maximum atomic E-state index is 11.4. The third kappa shape index (κ3) is 12.9. The van der Waals surface area contributed by atoms with Gasteiger partial charge in [0.25, 0.3) is 0 Å². The molecule has 0 aliphatic heterocycles. The molecule has 0 spiro atoms. The predicted octanol–water partition coefficient (Wildman–Crippen LogP) is 7.05. The Morgan fingerprint density at radius 1 is 0.551 bits per heavy atom. The molecule has 6 rings (SSSR count). The van der Waals surface area contributed by atoms with E-state index >= 15 is 0 Å². The van der Waals surface area contributed by atoms with Crippen LogP contribution in [0.4, 0.5) is 0 Å². The van der Waals surface area contributed by atoms with Crippen LogP contribution in [0.15, 0.2) is 188 Å². The molecule has 6 aromatic carbocycles. The van der Waals surface area contributed by atoms with Crippen molar-refractivity contribution in [2.45, 2.75) is 18.5 Å². The van der Waals surface area contributed by atoms with Gasteiger partial charge in [0, 0.05) is 6.16 Å². The Kier molecular flexibility index (Phi) is 17.9. The molecule has 0 aliphatic rings. The van der Waals surface area contributed by atoms with Gasteiger partial charge in [-0.1, -0.05) is 184 Å². The van der Waals surface area contributed by atoms with Crippen LogP contribution in [0.25, 0.3) is 6.08 Å². The van der Waals surface area contributed by atoms with Crippen LogP contribution in [0.3, 0.4) is 0 Å². The Hall–Kier alpha value is -3.73. The first-order chi connectivity index (χ1) is 23.2. The summed E-state index contributed by atoms with van der Waals surface area (Å²) in [5, 5.41) is 15.6. The van der Waals surface area contributed by atoms with Gasteiger partial charge >= 0.3 is 22.4 Å². The van der Waals surface area contributed by atoms with Crippen molar-refractivity contribution in [3.05, 3.63) is 210 Å². The van der Waals surface area contributed by atoms with E-state index in [4.69, 9.17) is 0 Å². The normalized spacial score (nSPS) is 10.0. The van der Waals surface area contributed by atoms with Crippen LogP contribution >= 0.6 is 15.8 Å². The van der Waals surface area contributed by atoms with Crippen LogP contribution in [-0.2, 0) is 44.8 Å². The molecule has 0 atom stereocenters. The molecule has 249 valence electrons. The van der Waals surface area contributed by atoms with Gasteiger partial charge in [-0.2, -0.15) is 0 Å². The van der Waals surface area contributed by atoms with E-state index in [2.05, 4.69) is 156 Å². The maximum absolute atomic E-state index is 11.4. The van der Waals surface area contributed by atoms with Crippen molar-refractivity contribution >= 4 is 37.8 Å². The number of benzene rings is 6. The second-order valence-electron chi connectivity index (χ2n) is 10.9. The van der Waals surface area contributed by atoms with Gasteiger partial charge in [-0.3, -0.25) is 0 Å². The summed E-state index contributed by atoms with van der Waals surface area (Å²) in [5.74, 6) is -0.465. The minimum atomic E-state index is -0.537. The minimum Gasteiger partial charge on any atom is -1.00 e. The number of rotatable bonds is 11. The van der Waals surface area contributed by atoms with E-state index < -0.39 is 13.9 Å². The summed E-state index contributed by atoms with van der Waals surface area (Å²) in [4.78, 5) is 0. The van der Waals surface area contributed by atoms with E-state index in [1.165, 1.54) is 39.7 Å². The van der Waals surface area contributed by atoms with Crippen LogP contribution in [0.1, 0.15) is 22.3 Å². The van der Waals surface area contributed by atoms with E-state index in [1.807, 2.05) is 30.3 Å². The molecule has 0 saturated heterocycles. The van der Waals surface area contributed by atoms with Crippen LogP contribution in [-0.4, -0.2) is 7.11 Å². The number of hydrogen-bond acceptors (Lipinski definition) is 1. The Labute approximate surface area is 314 Å². The van der Waals surface area contributed by atoms with Gasteiger partial charge < -0.3 is 21.7 Å². The first kappa shape index (κ1) is 39.7. The Morgan fingerprint density at radius 3 is 1.39 bits per heavy atom. The number of halogens is 1. The molecule has 0 unspecified atom stereocenters. The first-order valence-corrected chi connectivity index (χ1v) is 18.9. The molecule has 0 bridgehead atoms. The van der Waals surface area contributed by atoms with E-state index in [1.54, 1.807) is 6.08 Å². The number of hydrogen-bond donors (Lipinski definition) is 0. The van der Waals surface area contributed by atoms with Crippen LogP contribution in [0.2, 0.25) is 0 Å². The largest absolute Gasteiger partial charge is 2.00 e. The van der Waals surface area contributed by atoms with E-state index in [0.717, 1.165) is 24.0 Å². The summed E-state index contributed by atoms with van der Waals surface area (Å²) < 4.78 is 4.65. The monoisotopic (exact) mass is 786 g/mol.